The number of likely N-dealkylation sites (tertiary alicyclic amines) is 2. The molecule has 10 heteroatoms. The third-order valence-electron chi connectivity index (χ3n) is 10.1. The van der Waals surface area contributed by atoms with E-state index in [4.69, 9.17) is 11.6 Å². The van der Waals surface area contributed by atoms with Crippen LogP contribution >= 0.6 is 11.6 Å². The molecule has 4 aliphatic heterocycles. The summed E-state index contributed by atoms with van der Waals surface area (Å²) in [6, 6.07) is 9.94. The van der Waals surface area contributed by atoms with Crippen molar-refractivity contribution in [3.63, 3.8) is 0 Å². The van der Waals surface area contributed by atoms with Crippen molar-refractivity contribution in [2.75, 3.05) is 32.7 Å². The fourth-order valence-corrected chi connectivity index (χ4v) is 7.90. The van der Waals surface area contributed by atoms with E-state index in [9.17, 15) is 19.2 Å². The van der Waals surface area contributed by atoms with Gasteiger partial charge in [0.2, 0.25) is 11.8 Å². The molecule has 4 amide bonds. The molecule has 1 unspecified atom stereocenters. The minimum Gasteiger partial charge on any atom is -0.337 e. The van der Waals surface area contributed by atoms with E-state index in [0.717, 1.165) is 50.0 Å². The van der Waals surface area contributed by atoms with Gasteiger partial charge in [0.1, 0.15) is 11.9 Å². The van der Waals surface area contributed by atoms with Gasteiger partial charge in [-0.1, -0.05) is 43.2 Å². The average Bonchev–Trinajstić information content (AvgIpc) is 3.24. The number of fused-ring (bicyclic) bond motifs is 1. The first-order chi connectivity index (χ1) is 20.9. The normalized spacial score (nSPS) is 24.3. The Bertz CT molecular complexity index is 1620. The Labute approximate surface area is 261 Å². The molecule has 3 fully saturated rings. The maximum atomic E-state index is 15.2. The number of amides is 4. The molecule has 3 saturated heterocycles. The van der Waals surface area contributed by atoms with Crippen LogP contribution in [0.15, 0.2) is 42.0 Å². The molecule has 5 aliphatic rings. The van der Waals surface area contributed by atoms with Gasteiger partial charge in [0.25, 0.3) is 11.8 Å². The van der Waals surface area contributed by atoms with Gasteiger partial charge in [-0.2, -0.15) is 0 Å². The van der Waals surface area contributed by atoms with Crippen molar-refractivity contribution in [1.29, 1.82) is 0 Å². The van der Waals surface area contributed by atoms with Crippen molar-refractivity contribution >= 4 is 40.8 Å². The molecule has 8 nitrogen and oxygen atoms in total. The summed E-state index contributed by atoms with van der Waals surface area (Å²) in [7, 11) is 0. The maximum absolute atomic E-state index is 15.2. The van der Waals surface area contributed by atoms with Crippen LogP contribution in [0.3, 0.4) is 0 Å². The molecular weight excluding hydrogens is 583 g/mol. The van der Waals surface area contributed by atoms with Gasteiger partial charge in [0.05, 0.1) is 5.56 Å². The lowest BCUT2D eigenvalue weighted by molar-refractivity contribution is -0.136. The number of benzene rings is 2. The summed E-state index contributed by atoms with van der Waals surface area (Å²) in [5.41, 5.74) is 5.08. The summed E-state index contributed by atoms with van der Waals surface area (Å²) in [5.74, 6) is -2.45. The monoisotopic (exact) mass is 618 g/mol. The minimum atomic E-state index is -0.787. The van der Waals surface area contributed by atoms with E-state index in [1.54, 1.807) is 4.90 Å². The van der Waals surface area contributed by atoms with Crippen molar-refractivity contribution in [2.24, 2.45) is 10.8 Å². The van der Waals surface area contributed by atoms with Crippen molar-refractivity contribution in [3.8, 4) is 0 Å². The Kier molecular flexibility index (Phi) is 6.97. The van der Waals surface area contributed by atoms with Crippen LogP contribution in [0, 0.1) is 16.6 Å². The van der Waals surface area contributed by atoms with E-state index in [-0.39, 0.29) is 53.2 Å². The molecule has 44 heavy (non-hydrogen) atoms. The van der Waals surface area contributed by atoms with Crippen molar-refractivity contribution in [2.45, 2.75) is 58.5 Å². The van der Waals surface area contributed by atoms with Crippen molar-refractivity contribution < 1.29 is 23.6 Å². The quantitative estimate of drug-likeness (QED) is 0.493. The lowest BCUT2D eigenvalue weighted by atomic mass is 9.70. The Morgan fingerprint density at radius 1 is 1.05 bits per heavy atom. The van der Waals surface area contributed by atoms with Crippen LogP contribution in [-0.4, -0.2) is 77.1 Å². The second-order valence-electron chi connectivity index (χ2n) is 14.1. The number of carbonyl (C=O) groups is 4. The molecule has 2 aromatic carbocycles. The molecule has 0 bridgehead atoms. The zero-order valence-electron chi connectivity index (χ0n) is 25.1. The van der Waals surface area contributed by atoms with Crippen molar-refractivity contribution in [1.82, 2.24) is 20.0 Å². The van der Waals surface area contributed by atoms with E-state index >= 15 is 4.39 Å². The van der Waals surface area contributed by atoms with Crippen LogP contribution < -0.4 is 5.32 Å². The number of carbonyl (C=O) groups excluding carboxylic acids is 4. The number of imide groups is 1. The standard InChI is InChI=1S/C34H36ClFN4O4/c1-33(2)10-9-21(26(13-33)20-3-5-23(35)6-4-20)14-38-16-34(17-38)18-39(19-34)31(43)25-11-22-15-40(32(44)24(22)12-27(25)36)28-7-8-29(41)37-30(28)42/h3-6,11-12,28H,7-10,13-19H2,1-2H3,(H,37,41,42). The number of nitrogens with one attached hydrogen (secondary N) is 1. The summed E-state index contributed by atoms with van der Waals surface area (Å²) < 4.78 is 15.2. The van der Waals surface area contributed by atoms with E-state index in [0.29, 0.717) is 18.7 Å². The summed E-state index contributed by atoms with van der Waals surface area (Å²) in [5, 5.41) is 3.00. The molecule has 0 radical (unpaired) electrons. The zero-order valence-corrected chi connectivity index (χ0v) is 25.8. The van der Waals surface area contributed by atoms with Crippen LogP contribution in [0.25, 0.3) is 5.57 Å². The molecule has 1 N–H and O–H groups in total. The van der Waals surface area contributed by atoms with Gasteiger partial charge < -0.3 is 9.80 Å². The van der Waals surface area contributed by atoms with E-state index in [1.807, 2.05) is 12.1 Å². The van der Waals surface area contributed by atoms with Crippen LogP contribution in [0.4, 0.5) is 4.39 Å². The van der Waals surface area contributed by atoms with Gasteiger partial charge in [-0.25, -0.2) is 4.39 Å². The average molecular weight is 619 g/mol. The number of hydrogen-bond acceptors (Lipinski definition) is 5. The molecule has 0 saturated carbocycles. The minimum absolute atomic E-state index is 0.0380. The molecule has 7 rings (SSSR count). The Hall–Kier alpha value is -3.56. The summed E-state index contributed by atoms with van der Waals surface area (Å²) in [4.78, 5) is 55.8. The zero-order chi connectivity index (χ0) is 31.0. The first-order valence-corrected chi connectivity index (χ1v) is 15.7. The SMILES string of the molecule is CC1(C)CCC(CN2CC3(C2)CN(C(=O)c2cc4c(cc2F)C(=O)N(C2CCC(=O)NC2=O)C4)C3)=C(c2ccc(Cl)cc2)C1. The van der Waals surface area contributed by atoms with E-state index in [1.165, 1.54) is 27.7 Å². The lowest BCUT2D eigenvalue weighted by Crippen LogP contribution is -2.73. The third kappa shape index (κ3) is 5.13. The number of halogens is 2. The summed E-state index contributed by atoms with van der Waals surface area (Å²) in [6.07, 6.45) is 3.63. The fourth-order valence-electron chi connectivity index (χ4n) is 7.78. The molecule has 1 atom stereocenters. The van der Waals surface area contributed by atoms with Gasteiger partial charge >= 0.3 is 0 Å². The van der Waals surface area contributed by atoms with Crippen LogP contribution in [0.2, 0.25) is 5.02 Å². The molecule has 2 aromatic rings. The van der Waals surface area contributed by atoms with E-state index < -0.39 is 23.7 Å². The second kappa shape index (κ2) is 10.5. The number of hydrogen-bond donors (Lipinski definition) is 1. The van der Waals surface area contributed by atoms with Crippen LogP contribution in [-0.2, 0) is 16.1 Å². The van der Waals surface area contributed by atoms with Gasteiger partial charge in [-0.15, -0.1) is 0 Å². The van der Waals surface area contributed by atoms with Gasteiger partial charge in [0.15, 0.2) is 0 Å². The van der Waals surface area contributed by atoms with E-state index in [2.05, 4.69) is 36.2 Å². The number of nitrogens with zero attached hydrogens (tertiary/aromatic N) is 3. The Morgan fingerprint density at radius 3 is 2.48 bits per heavy atom. The number of allylic oxidation sites excluding steroid dienone is 1. The lowest BCUT2D eigenvalue weighted by Gasteiger charge is -2.60. The smallest absolute Gasteiger partial charge is 0.256 e. The van der Waals surface area contributed by atoms with Gasteiger partial charge in [-0.05, 0) is 72.1 Å². The second-order valence-corrected chi connectivity index (χ2v) is 14.6. The number of piperidine rings is 1. The maximum Gasteiger partial charge on any atom is 0.256 e. The predicted octanol–water partition coefficient (Wildman–Crippen LogP) is 4.66. The van der Waals surface area contributed by atoms with Crippen molar-refractivity contribution in [3.05, 3.63) is 75.1 Å². The molecule has 4 heterocycles. The molecule has 1 spiro atoms. The summed E-state index contributed by atoms with van der Waals surface area (Å²) in [6.45, 7) is 8.64. The third-order valence-corrected chi connectivity index (χ3v) is 10.3. The highest BCUT2D eigenvalue weighted by molar-refractivity contribution is 6.30. The highest BCUT2D eigenvalue weighted by atomic mass is 35.5. The highest BCUT2D eigenvalue weighted by Crippen LogP contribution is 2.46. The van der Waals surface area contributed by atoms with Crippen LogP contribution in [0.1, 0.15) is 77.8 Å². The molecular formula is C34H36ClFN4O4. The topological polar surface area (TPSA) is 90.0 Å². The van der Waals surface area contributed by atoms with Crippen LogP contribution in [0.5, 0.6) is 0 Å². The first-order valence-electron chi connectivity index (χ1n) is 15.4. The van der Waals surface area contributed by atoms with Gasteiger partial charge in [0, 0.05) is 61.7 Å². The predicted molar refractivity (Wildman–Crippen MR) is 163 cm³/mol. The first kappa shape index (κ1) is 29.2. The molecule has 1 aliphatic carbocycles. The summed E-state index contributed by atoms with van der Waals surface area (Å²) >= 11 is 6.16. The highest BCUT2D eigenvalue weighted by Gasteiger charge is 2.53. The fraction of sp³-hybridized carbons (Fsp3) is 0.471. The molecule has 0 aromatic heterocycles. The Morgan fingerprint density at radius 2 is 1.77 bits per heavy atom. The largest absolute Gasteiger partial charge is 0.337 e. The molecule has 230 valence electrons. The van der Waals surface area contributed by atoms with Gasteiger partial charge in [-0.3, -0.25) is 29.4 Å². The number of rotatable bonds is 5. The Balaban J connectivity index is 0.987.